The lowest BCUT2D eigenvalue weighted by Crippen LogP contribution is -2.21. The average Bonchev–Trinajstić information content (AvgIpc) is 2.84. The Morgan fingerprint density at radius 1 is 1.60 bits per heavy atom. The third-order valence-corrected chi connectivity index (χ3v) is 3.81. The second kappa shape index (κ2) is 4.92. The van der Waals surface area contributed by atoms with Gasteiger partial charge in [-0.25, -0.2) is 0 Å². The highest BCUT2D eigenvalue weighted by Gasteiger charge is 2.32. The zero-order chi connectivity index (χ0) is 10.7. The van der Waals surface area contributed by atoms with Crippen LogP contribution in [0.25, 0.3) is 0 Å². The molecule has 1 saturated heterocycles. The molecule has 1 fully saturated rings. The molecule has 3 heteroatoms. The summed E-state index contributed by atoms with van der Waals surface area (Å²) in [5.74, 6) is 0.890. The van der Waals surface area contributed by atoms with E-state index in [0.29, 0.717) is 11.8 Å². The Morgan fingerprint density at radius 3 is 3.07 bits per heavy atom. The summed E-state index contributed by atoms with van der Waals surface area (Å²) in [7, 11) is 0. The summed E-state index contributed by atoms with van der Waals surface area (Å²) in [6, 6.07) is 2.18. The maximum absolute atomic E-state index is 9.37. The lowest BCUT2D eigenvalue weighted by molar-refractivity contribution is 0.217. The van der Waals surface area contributed by atoms with Gasteiger partial charge in [0.25, 0.3) is 0 Å². The van der Waals surface area contributed by atoms with Crippen molar-refractivity contribution in [2.75, 3.05) is 26.2 Å². The summed E-state index contributed by atoms with van der Waals surface area (Å²) >= 11 is 1.73. The Labute approximate surface area is 94.8 Å². The monoisotopic (exact) mass is 223 g/mol. The van der Waals surface area contributed by atoms with Crippen molar-refractivity contribution in [2.24, 2.45) is 5.92 Å². The molecule has 0 aliphatic carbocycles. The molecule has 82 valence electrons. The molecule has 1 aliphatic rings. The lowest BCUT2D eigenvalue weighted by atomic mass is 9.92. The smallest absolute Gasteiger partial charge is 0.0477 e. The molecule has 1 unspecified atom stereocenters. The fraction of sp³-hybridized carbons (Fsp3) is 0.500. The first-order valence-corrected chi connectivity index (χ1v) is 6.25. The molecule has 1 aromatic rings. The van der Waals surface area contributed by atoms with Crippen molar-refractivity contribution in [1.82, 2.24) is 4.90 Å². The van der Waals surface area contributed by atoms with Crippen molar-refractivity contribution in [3.8, 4) is 0 Å². The summed E-state index contributed by atoms with van der Waals surface area (Å²) in [5, 5.41) is 13.7. The molecule has 1 aliphatic heterocycles. The minimum Gasteiger partial charge on any atom is -0.396 e. The maximum atomic E-state index is 9.37. The summed E-state index contributed by atoms with van der Waals surface area (Å²) in [6.45, 7) is 7.01. The third kappa shape index (κ3) is 2.30. The van der Waals surface area contributed by atoms with E-state index in [-0.39, 0.29) is 6.61 Å². The topological polar surface area (TPSA) is 23.5 Å². The first-order chi connectivity index (χ1) is 7.35. The lowest BCUT2D eigenvalue weighted by Gasteiger charge is -2.14. The fourth-order valence-electron chi connectivity index (χ4n) is 2.34. The van der Waals surface area contributed by atoms with Crippen LogP contribution < -0.4 is 0 Å². The van der Waals surface area contributed by atoms with E-state index >= 15 is 0 Å². The molecule has 0 saturated carbocycles. The number of aliphatic hydroxyl groups is 1. The zero-order valence-electron chi connectivity index (χ0n) is 8.80. The molecule has 0 aromatic carbocycles. The summed E-state index contributed by atoms with van der Waals surface area (Å²) in [4.78, 5) is 2.36. The Balaban J connectivity index is 2.07. The minimum atomic E-state index is 0.286. The number of hydrogen-bond acceptors (Lipinski definition) is 3. The van der Waals surface area contributed by atoms with E-state index < -0.39 is 0 Å². The third-order valence-electron chi connectivity index (χ3n) is 3.11. The van der Waals surface area contributed by atoms with Gasteiger partial charge >= 0.3 is 0 Å². The normalized spacial score (nSPS) is 27.0. The van der Waals surface area contributed by atoms with Crippen LogP contribution in [0.15, 0.2) is 29.5 Å². The predicted octanol–water partition coefficient (Wildman–Crippen LogP) is 1.94. The number of hydrogen-bond donors (Lipinski definition) is 1. The van der Waals surface area contributed by atoms with Gasteiger partial charge in [0.1, 0.15) is 0 Å². The molecule has 0 spiro atoms. The molecular weight excluding hydrogens is 206 g/mol. The average molecular weight is 223 g/mol. The van der Waals surface area contributed by atoms with Gasteiger partial charge in [-0.1, -0.05) is 6.08 Å². The largest absolute Gasteiger partial charge is 0.396 e. The molecule has 1 N–H and O–H groups in total. The number of rotatable bonds is 4. The first-order valence-electron chi connectivity index (χ1n) is 5.31. The molecule has 1 aromatic heterocycles. The highest BCUT2D eigenvalue weighted by atomic mass is 32.1. The molecule has 2 rings (SSSR count). The summed E-state index contributed by atoms with van der Waals surface area (Å²) < 4.78 is 0. The van der Waals surface area contributed by atoms with Crippen LogP contribution in [0.1, 0.15) is 11.5 Å². The quantitative estimate of drug-likeness (QED) is 0.789. The first kappa shape index (κ1) is 10.9. The van der Waals surface area contributed by atoms with E-state index in [9.17, 15) is 5.11 Å². The molecule has 15 heavy (non-hydrogen) atoms. The highest BCUT2D eigenvalue weighted by molar-refractivity contribution is 7.07. The number of aliphatic hydroxyl groups excluding tert-OH is 1. The molecule has 0 amide bonds. The van der Waals surface area contributed by atoms with Crippen LogP contribution in [0.5, 0.6) is 0 Å². The molecule has 2 heterocycles. The minimum absolute atomic E-state index is 0.286. The van der Waals surface area contributed by atoms with Gasteiger partial charge in [-0.05, 0) is 22.4 Å². The number of thiophene rings is 1. The molecule has 2 nitrogen and oxygen atoms in total. The van der Waals surface area contributed by atoms with Crippen molar-refractivity contribution in [2.45, 2.75) is 5.92 Å². The van der Waals surface area contributed by atoms with Crippen LogP contribution in [0.2, 0.25) is 0 Å². The van der Waals surface area contributed by atoms with Gasteiger partial charge in [0.2, 0.25) is 0 Å². The maximum Gasteiger partial charge on any atom is 0.0477 e. The van der Waals surface area contributed by atoms with E-state index in [2.05, 4.69) is 28.3 Å². The molecule has 0 bridgehead atoms. The highest BCUT2D eigenvalue weighted by Crippen LogP contribution is 2.33. The van der Waals surface area contributed by atoms with Gasteiger partial charge in [-0.15, -0.1) is 6.58 Å². The summed E-state index contributed by atoms with van der Waals surface area (Å²) in [6.07, 6.45) is 1.93. The van der Waals surface area contributed by atoms with E-state index in [0.717, 1.165) is 19.6 Å². The number of likely N-dealkylation sites (tertiary alicyclic amines) is 1. The Kier molecular flexibility index (Phi) is 3.57. The van der Waals surface area contributed by atoms with Crippen molar-refractivity contribution in [3.05, 3.63) is 35.0 Å². The molecule has 0 radical (unpaired) electrons. The van der Waals surface area contributed by atoms with Gasteiger partial charge in [0.05, 0.1) is 0 Å². The van der Waals surface area contributed by atoms with Crippen LogP contribution >= 0.6 is 11.3 Å². The molecular formula is C12H17NOS. The summed E-state index contributed by atoms with van der Waals surface area (Å²) in [5.41, 5.74) is 1.38. The van der Waals surface area contributed by atoms with Gasteiger partial charge in [-0.3, -0.25) is 4.90 Å². The SMILES string of the molecule is C=CCN1CC(CO)[C@@H](c2ccsc2)C1. The van der Waals surface area contributed by atoms with Gasteiger partial charge in [-0.2, -0.15) is 11.3 Å². The van der Waals surface area contributed by atoms with Crippen LogP contribution in [-0.2, 0) is 0 Å². The van der Waals surface area contributed by atoms with Gasteiger partial charge in [0, 0.05) is 38.1 Å². The van der Waals surface area contributed by atoms with Crippen LogP contribution in [0, 0.1) is 5.92 Å². The second-order valence-electron chi connectivity index (χ2n) is 4.11. The van der Waals surface area contributed by atoms with Crippen LogP contribution in [0.3, 0.4) is 0 Å². The van der Waals surface area contributed by atoms with Crippen LogP contribution in [0.4, 0.5) is 0 Å². The van der Waals surface area contributed by atoms with Gasteiger partial charge in [0.15, 0.2) is 0 Å². The fourth-order valence-corrected chi connectivity index (χ4v) is 3.07. The van der Waals surface area contributed by atoms with Crippen molar-refractivity contribution >= 4 is 11.3 Å². The Hall–Kier alpha value is -0.640. The Morgan fingerprint density at radius 2 is 2.47 bits per heavy atom. The van der Waals surface area contributed by atoms with E-state index in [1.165, 1.54) is 5.56 Å². The van der Waals surface area contributed by atoms with E-state index in [1.54, 1.807) is 11.3 Å². The predicted molar refractivity (Wildman–Crippen MR) is 64.3 cm³/mol. The molecule has 2 atom stereocenters. The van der Waals surface area contributed by atoms with Crippen LogP contribution in [-0.4, -0.2) is 36.2 Å². The zero-order valence-corrected chi connectivity index (χ0v) is 9.62. The van der Waals surface area contributed by atoms with Crippen molar-refractivity contribution < 1.29 is 5.11 Å². The van der Waals surface area contributed by atoms with E-state index in [4.69, 9.17) is 0 Å². The van der Waals surface area contributed by atoms with E-state index in [1.807, 2.05) is 6.08 Å². The Bertz CT molecular complexity index is 309. The van der Waals surface area contributed by atoms with Gasteiger partial charge < -0.3 is 5.11 Å². The van der Waals surface area contributed by atoms with Crippen molar-refractivity contribution in [3.63, 3.8) is 0 Å². The van der Waals surface area contributed by atoms with Crippen molar-refractivity contribution in [1.29, 1.82) is 0 Å². The second-order valence-corrected chi connectivity index (χ2v) is 4.89. The number of nitrogens with zero attached hydrogens (tertiary/aromatic N) is 1. The standard InChI is InChI=1S/C12H17NOS/c1-2-4-13-6-11(8-14)12(7-13)10-3-5-15-9-10/h2-3,5,9,11-12,14H,1,4,6-8H2/t11?,12-/m1/s1.